The Morgan fingerprint density at radius 1 is 1.33 bits per heavy atom. The first-order chi connectivity index (χ1) is 9.85. The van der Waals surface area contributed by atoms with Crippen LogP contribution in [0.3, 0.4) is 0 Å². The van der Waals surface area contributed by atoms with Crippen molar-refractivity contribution in [3.8, 4) is 5.75 Å². The number of ether oxygens (including phenoxy) is 1. The third-order valence-corrected chi connectivity index (χ3v) is 3.94. The molecule has 1 aromatic carbocycles. The van der Waals surface area contributed by atoms with Crippen LogP contribution in [-0.4, -0.2) is 37.4 Å². The van der Waals surface area contributed by atoms with Crippen LogP contribution in [0.15, 0.2) is 24.3 Å². The highest BCUT2D eigenvalue weighted by atomic mass is 19.4. The average Bonchev–Trinajstić information content (AvgIpc) is 2.80. The number of rotatable bonds is 5. The summed E-state index contributed by atoms with van der Waals surface area (Å²) in [5.74, 6) is -0.186. The van der Waals surface area contributed by atoms with Gasteiger partial charge in [-0.3, -0.25) is 0 Å². The normalized spacial score (nSPS) is 21.5. The van der Waals surface area contributed by atoms with Crippen molar-refractivity contribution in [2.24, 2.45) is 0 Å². The molecule has 2 atom stereocenters. The number of hydrogen-bond acceptors (Lipinski definition) is 3. The molecule has 0 amide bonds. The highest BCUT2D eigenvalue weighted by molar-refractivity contribution is 5.29. The average molecular weight is 302 g/mol. The molecule has 1 fully saturated rings. The Labute approximate surface area is 123 Å². The summed E-state index contributed by atoms with van der Waals surface area (Å²) in [6.07, 6.45) is -2.23. The van der Waals surface area contributed by atoms with Crippen molar-refractivity contribution in [2.75, 3.05) is 20.1 Å². The summed E-state index contributed by atoms with van der Waals surface area (Å²) in [6.45, 7) is 4.03. The third kappa shape index (κ3) is 4.89. The molecule has 1 saturated heterocycles. The Balaban J connectivity index is 1.86. The summed E-state index contributed by atoms with van der Waals surface area (Å²) in [5, 5.41) is 3.43. The second-order valence-corrected chi connectivity index (χ2v) is 5.52. The van der Waals surface area contributed by atoms with Crippen LogP contribution in [0.5, 0.6) is 5.75 Å². The molecule has 2 rings (SSSR count). The van der Waals surface area contributed by atoms with E-state index in [2.05, 4.69) is 22.0 Å². The minimum absolute atomic E-state index is 0.0962. The highest BCUT2D eigenvalue weighted by Gasteiger charge is 2.31. The zero-order valence-corrected chi connectivity index (χ0v) is 12.3. The monoisotopic (exact) mass is 302 g/mol. The van der Waals surface area contributed by atoms with Gasteiger partial charge in [0.1, 0.15) is 5.75 Å². The maximum absolute atomic E-state index is 12.1. The summed E-state index contributed by atoms with van der Waals surface area (Å²) in [7, 11) is 2.12. The summed E-state index contributed by atoms with van der Waals surface area (Å²) in [6, 6.07) is 6.67. The van der Waals surface area contributed by atoms with E-state index < -0.39 is 6.36 Å². The number of nitrogens with one attached hydrogen (secondary N) is 1. The number of benzene rings is 1. The fraction of sp³-hybridized carbons (Fsp3) is 0.600. The Morgan fingerprint density at radius 2 is 2.00 bits per heavy atom. The number of hydrogen-bond donors (Lipinski definition) is 1. The van der Waals surface area contributed by atoms with Gasteiger partial charge >= 0.3 is 6.36 Å². The quantitative estimate of drug-likeness (QED) is 0.903. The van der Waals surface area contributed by atoms with Crippen LogP contribution in [0.1, 0.15) is 31.4 Å². The molecule has 1 heterocycles. The molecule has 1 N–H and O–H groups in total. The minimum atomic E-state index is -4.64. The molecule has 0 saturated carbocycles. The van der Waals surface area contributed by atoms with Gasteiger partial charge in [0.25, 0.3) is 0 Å². The molecule has 3 nitrogen and oxygen atoms in total. The molecule has 1 aromatic rings. The Morgan fingerprint density at radius 3 is 2.52 bits per heavy atom. The number of alkyl halides is 3. The van der Waals surface area contributed by atoms with Crippen molar-refractivity contribution < 1.29 is 17.9 Å². The second-order valence-electron chi connectivity index (χ2n) is 5.52. The van der Waals surface area contributed by atoms with Crippen LogP contribution in [-0.2, 0) is 0 Å². The molecule has 0 aromatic heterocycles. The maximum Gasteiger partial charge on any atom is 0.573 e. The zero-order valence-electron chi connectivity index (χ0n) is 12.3. The zero-order chi connectivity index (χ0) is 15.5. The van der Waals surface area contributed by atoms with E-state index in [0.29, 0.717) is 6.04 Å². The number of likely N-dealkylation sites (tertiary alicyclic amines) is 1. The molecule has 1 aliphatic rings. The lowest BCUT2D eigenvalue weighted by molar-refractivity contribution is -0.274. The molecule has 2 unspecified atom stereocenters. The fourth-order valence-electron chi connectivity index (χ4n) is 2.63. The summed E-state index contributed by atoms with van der Waals surface area (Å²) >= 11 is 0. The van der Waals surface area contributed by atoms with E-state index in [1.165, 1.54) is 25.0 Å². The predicted octanol–water partition coefficient (Wildman–Crippen LogP) is 3.33. The molecule has 1 aliphatic heterocycles. The van der Waals surface area contributed by atoms with Gasteiger partial charge in [0, 0.05) is 18.6 Å². The number of halogens is 3. The first kappa shape index (κ1) is 16.1. The molecule has 21 heavy (non-hydrogen) atoms. The SMILES string of the molecule is CC(NCC1CCCN1C)c1ccc(OC(F)(F)F)cc1. The van der Waals surface area contributed by atoms with E-state index in [4.69, 9.17) is 0 Å². The van der Waals surface area contributed by atoms with Gasteiger partial charge < -0.3 is 15.0 Å². The van der Waals surface area contributed by atoms with Crippen molar-refractivity contribution in [2.45, 2.75) is 38.2 Å². The van der Waals surface area contributed by atoms with E-state index >= 15 is 0 Å². The third-order valence-electron chi connectivity index (χ3n) is 3.94. The van der Waals surface area contributed by atoms with Crippen molar-refractivity contribution >= 4 is 0 Å². The number of nitrogens with zero attached hydrogens (tertiary/aromatic N) is 1. The van der Waals surface area contributed by atoms with Gasteiger partial charge in [-0.05, 0) is 51.1 Å². The van der Waals surface area contributed by atoms with Crippen molar-refractivity contribution in [1.82, 2.24) is 10.2 Å². The summed E-state index contributed by atoms with van der Waals surface area (Å²) < 4.78 is 40.1. The summed E-state index contributed by atoms with van der Waals surface area (Å²) in [5.41, 5.74) is 0.949. The Kier molecular flexibility index (Phi) is 5.11. The van der Waals surface area contributed by atoms with Crippen molar-refractivity contribution in [3.05, 3.63) is 29.8 Å². The van der Waals surface area contributed by atoms with Crippen LogP contribution in [0, 0.1) is 0 Å². The van der Waals surface area contributed by atoms with Crippen LogP contribution in [0.4, 0.5) is 13.2 Å². The van der Waals surface area contributed by atoms with E-state index in [-0.39, 0.29) is 11.8 Å². The first-order valence-electron chi connectivity index (χ1n) is 7.14. The van der Waals surface area contributed by atoms with E-state index in [1.807, 2.05) is 6.92 Å². The van der Waals surface area contributed by atoms with Crippen LogP contribution in [0.2, 0.25) is 0 Å². The standard InChI is InChI=1S/C15H21F3N2O/c1-11(19-10-13-4-3-9-20(13)2)12-5-7-14(8-6-12)21-15(16,17)18/h5-8,11,13,19H,3-4,9-10H2,1-2H3. The van der Waals surface area contributed by atoms with Gasteiger partial charge in [0.2, 0.25) is 0 Å². The molecule has 0 spiro atoms. The lowest BCUT2D eigenvalue weighted by atomic mass is 10.1. The predicted molar refractivity (Wildman–Crippen MR) is 75.2 cm³/mol. The molecule has 118 valence electrons. The van der Waals surface area contributed by atoms with Gasteiger partial charge in [-0.1, -0.05) is 12.1 Å². The fourth-order valence-corrected chi connectivity index (χ4v) is 2.63. The number of likely N-dealkylation sites (N-methyl/N-ethyl adjacent to an activating group) is 1. The van der Waals surface area contributed by atoms with Gasteiger partial charge in [-0.15, -0.1) is 13.2 Å². The van der Waals surface area contributed by atoms with Gasteiger partial charge in [-0.25, -0.2) is 0 Å². The molecule has 6 heteroatoms. The van der Waals surface area contributed by atoms with Crippen LogP contribution in [0.25, 0.3) is 0 Å². The van der Waals surface area contributed by atoms with Gasteiger partial charge in [0.15, 0.2) is 0 Å². The topological polar surface area (TPSA) is 24.5 Å². The molecular weight excluding hydrogens is 281 g/mol. The molecule has 0 radical (unpaired) electrons. The molecule has 0 aliphatic carbocycles. The van der Waals surface area contributed by atoms with E-state index in [1.54, 1.807) is 12.1 Å². The minimum Gasteiger partial charge on any atom is -0.406 e. The van der Waals surface area contributed by atoms with E-state index in [9.17, 15) is 13.2 Å². The van der Waals surface area contributed by atoms with E-state index in [0.717, 1.165) is 18.7 Å². The Bertz CT molecular complexity index is 447. The smallest absolute Gasteiger partial charge is 0.406 e. The summed E-state index contributed by atoms with van der Waals surface area (Å²) in [4.78, 5) is 2.33. The lowest BCUT2D eigenvalue weighted by Gasteiger charge is -2.23. The first-order valence-corrected chi connectivity index (χ1v) is 7.14. The van der Waals surface area contributed by atoms with Crippen LogP contribution >= 0.6 is 0 Å². The van der Waals surface area contributed by atoms with Crippen molar-refractivity contribution in [3.63, 3.8) is 0 Å². The Hall–Kier alpha value is -1.27. The highest BCUT2D eigenvalue weighted by Crippen LogP contribution is 2.24. The van der Waals surface area contributed by atoms with Gasteiger partial charge in [-0.2, -0.15) is 0 Å². The molecular formula is C15H21F3N2O. The van der Waals surface area contributed by atoms with Crippen LogP contribution < -0.4 is 10.1 Å². The van der Waals surface area contributed by atoms with Gasteiger partial charge in [0.05, 0.1) is 0 Å². The van der Waals surface area contributed by atoms with Crippen molar-refractivity contribution in [1.29, 1.82) is 0 Å². The maximum atomic E-state index is 12.1. The lowest BCUT2D eigenvalue weighted by Crippen LogP contribution is -2.36. The largest absolute Gasteiger partial charge is 0.573 e. The molecule has 0 bridgehead atoms. The second kappa shape index (κ2) is 6.66.